The lowest BCUT2D eigenvalue weighted by Crippen LogP contribution is -2.37. The summed E-state index contributed by atoms with van der Waals surface area (Å²) in [5.74, 6) is 0. The predicted octanol–water partition coefficient (Wildman–Crippen LogP) is 2.63. The summed E-state index contributed by atoms with van der Waals surface area (Å²) in [6.45, 7) is 0. The fraction of sp³-hybridized carbons (Fsp3) is 0.188. The molecular formula is C16H19N3O. The second-order valence-electron chi connectivity index (χ2n) is 4.82. The number of hydrogen-bond acceptors (Lipinski definition) is 2. The molecule has 2 rings (SSSR count). The Kier molecular flexibility index (Phi) is 4.25. The first-order valence-corrected chi connectivity index (χ1v) is 6.46. The van der Waals surface area contributed by atoms with E-state index in [4.69, 9.17) is 5.73 Å². The first kappa shape index (κ1) is 13.9. The van der Waals surface area contributed by atoms with Gasteiger partial charge in [0.15, 0.2) is 0 Å². The zero-order valence-corrected chi connectivity index (χ0v) is 11.7. The van der Waals surface area contributed by atoms with Crippen LogP contribution < -0.4 is 11.1 Å². The number of nitrogen functional groups attached to an aromatic ring is 1. The summed E-state index contributed by atoms with van der Waals surface area (Å²) < 4.78 is 0. The number of carbonyl (C=O) groups is 1. The Morgan fingerprint density at radius 3 is 2.25 bits per heavy atom. The molecule has 0 radical (unpaired) electrons. The molecule has 2 amide bonds. The molecule has 1 atom stereocenters. The van der Waals surface area contributed by atoms with E-state index in [1.165, 1.54) is 4.90 Å². The van der Waals surface area contributed by atoms with E-state index in [1.807, 2.05) is 54.6 Å². The number of nitrogens with two attached hydrogens (primary N) is 1. The number of urea groups is 1. The molecule has 3 N–H and O–H groups in total. The number of amides is 2. The average molecular weight is 269 g/mol. The molecule has 20 heavy (non-hydrogen) atoms. The molecule has 0 saturated carbocycles. The topological polar surface area (TPSA) is 58.4 Å². The van der Waals surface area contributed by atoms with Gasteiger partial charge in [-0.15, -0.1) is 0 Å². The van der Waals surface area contributed by atoms with Gasteiger partial charge in [0.1, 0.15) is 0 Å². The molecule has 0 spiro atoms. The maximum absolute atomic E-state index is 12.0. The third-order valence-corrected chi connectivity index (χ3v) is 3.11. The van der Waals surface area contributed by atoms with Gasteiger partial charge in [0.2, 0.25) is 0 Å². The molecule has 0 fully saturated rings. The van der Waals surface area contributed by atoms with Crippen LogP contribution in [0.15, 0.2) is 54.6 Å². The van der Waals surface area contributed by atoms with Gasteiger partial charge in [0.25, 0.3) is 0 Å². The molecule has 0 saturated heterocycles. The number of carbonyl (C=O) groups excluding carboxylic acids is 1. The molecule has 104 valence electrons. The van der Waals surface area contributed by atoms with Crippen molar-refractivity contribution in [3.63, 3.8) is 0 Å². The monoisotopic (exact) mass is 269 g/mol. The number of hydrogen-bond donors (Lipinski definition) is 2. The highest BCUT2D eigenvalue weighted by Crippen LogP contribution is 2.26. The van der Waals surface area contributed by atoms with Gasteiger partial charge in [-0.2, -0.15) is 0 Å². The van der Waals surface area contributed by atoms with Crippen molar-refractivity contribution in [3.8, 4) is 0 Å². The number of nitrogens with one attached hydrogen (secondary N) is 1. The van der Waals surface area contributed by atoms with Gasteiger partial charge < -0.3 is 16.0 Å². The number of para-hydroxylation sites is 1. The van der Waals surface area contributed by atoms with Crippen molar-refractivity contribution < 1.29 is 4.79 Å². The molecule has 2 aromatic carbocycles. The zero-order chi connectivity index (χ0) is 14.5. The molecule has 0 bridgehead atoms. The van der Waals surface area contributed by atoms with Crippen molar-refractivity contribution in [2.24, 2.45) is 0 Å². The third kappa shape index (κ3) is 3.09. The number of rotatable bonds is 3. The lowest BCUT2D eigenvalue weighted by Gasteiger charge is -2.23. The maximum Gasteiger partial charge on any atom is 0.317 e. The zero-order valence-electron chi connectivity index (χ0n) is 11.7. The Bertz CT molecular complexity index is 581. The highest BCUT2D eigenvalue weighted by molar-refractivity contribution is 5.75. The molecule has 4 heteroatoms. The van der Waals surface area contributed by atoms with Crippen molar-refractivity contribution in [1.29, 1.82) is 0 Å². The Hall–Kier alpha value is -2.49. The molecular weight excluding hydrogens is 250 g/mol. The minimum Gasteiger partial charge on any atom is -0.398 e. The van der Waals surface area contributed by atoms with E-state index >= 15 is 0 Å². The molecule has 0 aliphatic heterocycles. The van der Waals surface area contributed by atoms with Crippen molar-refractivity contribution in [1.82, 2.24) is 10.2 Å². The highest BCUT2D eigenvalue weighted by atomic mass is 16.2. The van der Waals surface area contributed by atoms with E-state index in [9.17, 15) is 4.79 Å². The van der Waals surface area contributed by atoms with Crippen molar-refractivity contribution in [3.05, 3.63) is 65.7 Å². The van der Waals surface area contributed by atoms with E-state index in [0.717, 1.165) is 11.1 Å². The fourth-order valence-corrected chi connectivity index (χ4v) is 2.01. The second kappa shape index (κ2) is 6.10. The van der Waals surface area contributed by atoms with Gasteiger partial charge in [0, 0.05) is 25.3 Å². The molecule has 2 aromatic rings. The number of nitrogens with zero attached hydrogens (tertiary/aromatic N) is 1. The lowest BCUT2D eigenvalue weighted by atomic mass is 9.97. The summed E-state index contributed by atoms with van der Waals surface area (Å²) in [6, 6.07) is 17.0. The third-order valence-electron chi connectivity index (χ3n) is 3.11. The maximum atomic E-state index is 12.0. The van der Waals surface area contributed by atoms with Crippen LogP contribution >= 0.6 is 0 Å². The Balaban J connectivity index is 2.40. The van der Waals surface area contributed by atoms with Crippen LogP contribution in [-0.2, 0) is 0 Å². The first-order valence-electron chi connectivity index (χ1n) is 6.46. The molecule has 0 aromatic heterocycles. The second-order valence-corrected chi connectivity index (χ2v) is 4.82. The summed E-state index contributed by atoms with van der Waals surface area (Å²) in [6.07, 6.45) is 0. The minimum atomic E-state index is -0.257. The Morgan fingerprint density at radius 1 is 1.05 bits per heavy atom. The molecule has 1 unspecified atom stereocenters. The summed E-state index contributed by atoms with van der Waals surface area (Å²) in [7, 11) is 3.43. The van der Waals surface area contributed by atoms with Crippen molar-refractivity contribution in [2.75, 3.05) is 19.8 Å². The summed E-state index contributed by atoms with van der Waals surface area (Å²) in [5.41, 5.74) is 8.61. The number of anilines is 1. The van der Waals surface area contributed by atoms with Crippen LogP contribution in [0.1, 0.15) is 17.2 Å². The van der Waals surface area contributed by atoms with Gasteiger partial charge in [-0.25, -0.2) is 4.79 Å². The average Bonchev–Trinajstić information content (AvgIpc) is 2.46. The van der Waals surface area contributed by atoms with Crippen molar-refractivity contribution >= 4 is 11.7 Å². The van der Waals surface area contributed by atoms with E-state index in [-0.39, 0.29) is 12.1 Å². The highest BCUT2D eigenvalue weighted by Gasteiger charge is 2.19. The van der Waals surface area contributed by atoms with Gasteiger partial charge >= 0.3 is 6.03 Å². The summed E-state index contributed by atoms with van der Waals surface area (Å²) in [4.78, 5) is 13.5. The van der Waals surface area contributed by atoms with Crippen LogP contribution in [0, 0.1) is 0 Å². The van der Waals surface area contributed by atoms with Crippen LogP contribution in [-0.4, -0.2) is 25.0 Å². The Morgan fingerprint density at radius 2 is 1.65 bits per heavy atom. The summed E-state index contributed by atoms with van der Waals surface area (Å²) in [5, 5.41) is 3.00. The van der Waals surface area contributed by atoms with Crippen LogP contribution in [0.25, 0.3) is 0 Å². The first-order chi connectivity index (χ1) is 9.59. The van der Waals surface area contributed by atoms with Crippen LogP contribution in [0.3, 0.4) is 0 Å². The predicted molar refractivity (Wildman–Crippen MR) is 81.4 cm³/mol. The van der Waals surface area contributed by atoms with E-state index < -0.39 is 0 Å². The summed E-state index contributed by atoms with van der Waals surface area (Å²) >= 11 is 0. The normalized spacial score (nSPS) is 11.7. The van der Waals surface area contributed by atoms with Gasteiger partial charge in [-0.05, 0) is 11.6 Å². The largest absolute Gasteiger partial charge is 0.398 e. The van der Waals surface area contributed by atoms with E-state index in [2.05, 4.69) is 5.32 Å². The molecule has 0 aliphatic carbocycles. The number of benzene rings is 2. The van der Waals surface area contributed by atoms with E-state index in [0.29, 0.717) is 5.69 Å². The SMILES string of the molecule is CN(C)C(=O)NC(c1ccccc1)c1ccccc1N. The van der Waals surface area contributed by atoms with Crippen LogP contribution in [0.4, 0.5) is 10.5 Å². The fourth-order valence-electron chi connectivity index (χ4n) is 2.01. The van der Waals surface area contributed by atoms with Crippen molar-refractivity contribution in [2.45, 2.75) is 6.04 Å². The molecule has 0 aliphatic rings. The van der Waals surface area contributed by atoms with Gasteiger partial charge in [-0.3, -0.25) is 0 Å². The smallest absolute Gasteiger partial charge is 0.317 e. The standard InChI is InChI=1S/C16H19N3O/c1-19(2)16(20)18-15(12-8-4-3-5-9-12)13-10-6-7-11-14(13)17/h3-11,15H,17H2,1-2H3,(H,18,20). The molecule has 4 nitrogen and oxygen atoms in total. The van der Waals surface area contributed by atoms with Crippen LogP contribution in [0.5, 0.6) is 0 Å². The quantitative estimate of drug-likeness (QED) is 0.842. The lowest BCUT2D eigenvalue weighted by molar-refractivity contribution is 0.215. The van der Waals surface area contributed by atoms with E-state index in [1.54, 1.807) is 14.1 Å². The minimum absolute atomic E-state index is 0.151. The van der Waals surface area contributed by atoms with Gasteiger partial charge in [0.05, 0.1) is 6.04 Å². The molecule has 0 heterocycles. The Labute approximate surface area is 119 Å². The van der Waals surface area contributed by atoms with Gasteiger partial charge in [-0.1, -0.05) is 48.5 Å². The van der Waals surface area contributed by atoms with Crippen LogP contribution in [0.2, 0.25) is 0 Å².